The van der Waals surface area contributed by atoms with Gasteiger partial charge in [-0.05, 0) is 32.4 Å². The topological polar surface area (TPSA) is 27.3 Å². The van der Waals surface area contributed by atoms with Gasteiger partial charge in [0.25, 0.3) is 0 Å². The van der Waals surface area contributed by atoms with Crippen LogP contribution in [0.3, 0.4) is 0 Å². The zero-order valence-corrected chi connectivity index (χ0v) is 10.6. The molecule has 3 nitrogen and oxygen atoms in total. The molecule has 2 N–H and O–H groups in total. The summed E-state index contributed by atoms with van der Waals surface area (Å²) in [5, 5.41) is 6.22. The third kappa shape index (κ3) is 3.83. The monoisotopic (exact) mass is 265 g/mol. The Morgan fingerprint density at radius 3 is 2.61 bits per heavy atom. The lowest BCUT2D eigenvalue weighted by atomic mass is 10.0. The molecule has 0 radical (unpaired) electrons. The Hall–Kier alpha value is -0.330. The average Bonchev–Trinajstić information content (AvgIpc) is 2.55. The molecule has 0 aromatic heterocycles. The maximum absolute atomic E-state index is 13.0. The van der Waals surface area contributed by atoms with Crippen LogP contribution in [0.1, 0.15) is 25.7 Å². The summed E-state index contributed by atoms with van der Waals surface area (Å²) in [6.45, 7) is 2.70. The summed E-state index contributed by atoms with van der Waals surface area (Å²) in [6.07, 6.45) is -0.0823. The van der Waals surface area contributed by atoms with Gasteiger partial charge in [0, 0.05) is 25.7 Å². The Balaban J connectivity index is 1.96. The van der Waals surface area contributed by atoms with Gasteiger partial charge in [-0.1, -0.05) is 6.42 Å². The van der Waals surface area contributed by atoms with E-state index in [-0.39, 0.29) is 12.6 Å². The summed E-state index contributed by atoms with van der Waals surface area (Å²) < 4.78 is 39.1. The van der Waals surface area contributed by atoms with Gasteiger partial charge in [0.05, 0.1) is 0 Å². The molecule has 2 unspecified atom stereocenters. The molecule has 2 atom stereocenters. The summed E-state index contributed by atoms with van der Waals surface area (Å²) >= 11 is 0. The molecule has 2 heterocycles. The smallest absolute Gasteiger partial charge is 0.315 e. The summed E-state index contributed by atoms with van der Waals surface area (Å²) in [5.41, 5.74) is 0. The van der Waals surface area contributed by atoms with Crippen molar-refractivity contribution < 1.29 is 13.2 Å². The Kier molecular flexibility index (Phi) is 4.86. The van der Waals surface area contributed by atoms with Crippen molar-refractivity contribution in [3.8, 4) is 0 Å². The second-order valence-electron chi connectivity index (χ2n) is 5.26. The van der Waals surface area contributed by atoms with Gasteiger partial charge >= 0.3 is 6.18 Å². The van der Waals surface area contributed by atoms with Gasteiger partial charge in [0.15, 0.2) is 0 Å². The molecule has 0 saturated carbocycles. The normalized spacial score (nSPS) is 32.2. The van der Waals surface area contributed by atoms with Crippen LogP contribution >= 0.6 is 0 Å². The molecule has 0 aliphatic carbocycles. The number of nitrogens with zero attached hydrogens (tertiary/aromatic N) is 1. The molecule has 6 heteroatoms. The number of rotatable bonds is 2. The molecule has 2 aliphatic heterocycles. The zero-order valence-electron chi connectivity index (χ0n) is 10.6. The van der Waals surface area contributed by atoms with E-state index in [1.54, 1.807) is 4.90 Å². The Morgan fingerprint density at radius 1 is 1.11 bits per heavy atom. The molecule has 0 spiro atoms. The van der Waals surface area contributed by atoms with E-state index < -0.39 is 12.2 Å². The highest BCUT2D eigenvalue weighted by Crippen LogP contribution is 2.26. The van der Waals surface area contributed by atoms with Crippen molar-refractivity contribution in [1.29, 1.82) is 0 Å². The van der Waals surface area contributed by atoms with E-state index in [1.165, 1.54) is 0 Å². The van der Waals surface area contributed by atoms with Crippen LogP contribution in [0.4, 0.5) is 13.2 Å². The lowest BCUT2D eigenvalue weighted by molar-refractivity contribution is -0.181. The lowest BCUT2D eigenvalue weighted by Crippen LogP contribution is -2.54. The van der Waals surface area contributed by atoms with E-state index in [0.717, 1.165) is 32.2 Å². The van der Waals surface area contributed by atoms with E-state index >= 15 is 0 Å². The van der Waals surface area contributed by atoms with Gasteiger partial charge in [0.2, 0.25) is 0 Å². The molecular weight excluding hydrogens is 243 g/mol. The van der Waals surface area contributed by atoms with Crippen LogP contribution in [0.15, 0.2) is 0 Å². The largest absolute Gasteiger partial charge is 0.405 e. The summed E-state index contributed by atoms with van der Waals surface area (Å²) in [6, 6.07) is -1.11. The van der Waals surface area contributed by atoms with Crippen molar-refractivity contribution in [3.63, 3.8) is 0 Å². The molecule has 18 heavy (non-hydrogen) atoms. The Morgan fingerprint density at radius 2 is 1.94 bits per heavy atom. The Labute approximate surface area is 106 Å². The van der Waals surface area contributed by atoms with E-state index in [9.17, 15) is 13.2 Å². The number of piperidine rings is 1. The minimum atomic E-state index is -4.13. The maximum Gasteiger partial charge on any atom is 0.405 e. The molecule has 2 rings (SSSR count). The molecular formula is C12H22F3N3. The van der Waals surface area contributed by atoms with Crippen molar-refractivity contribution in [1.82, 2.24) is 15.5 Å². The molecule has 0 amide bonds. The van der Waals surface area contributed by atoms with E-state index in [2.05, 4.69) is 10.6 Å². The average molecular weight is 265 g/mol. The highest BCUT2D eigenvalue weighted by atomic mass is 19.4. The summed E-state index contributed by atoms with van der Waals surface area (Å²) in [4.78, 5) is 1.61. The second-order valence-corrected chi connectivity index (χ2v) is 5.26. The fourth-order valence-electron chi connectivity index (χ4n) is 2.84. The minimum absolute atomic E-state index is 0.0240. The van der Waals surface area contributed by atoms with Crippen molar-refractivity contribution >= 4 is 0 Å². The fraction of sp³-hybridized carbons (Fsp3) is 1.00. The third-order valence-corrected chi connectivity index (χ3v) is 3.82. The highest BCUT2D eigenvalue weighted by Gasteiger charge is 2.44. The quantitative estimate of drug-likeness (QED) is 0.789. The first kappa shape index (κ1) is 14.1. The maximum atomic E-state index is 13.0. The van der Waals surface area contributed by atoms with Crippen molar-refractivity contribution in [2.24, 2.45) is 0 Å². The first-order valence-corrected chi connectivity index (χ1v) is 6.82. The molecule has 2 fully saturated rings. The van der Waals surface area contributed by atoms with Gasteiger partial charge in [-0.3, -0.25) is 4.90 Å². The van der Waals surface area contributed by atoms with E-state index in [4.69, 9.17) is 0 Å². The van der Waals surface area contributed by atoms with Crippen LogP contribution in [0.25, 0.3) is 0 Å². The fourth-order valence-corrected chi connectivity index (χ4v) is 2.84. The first-order valence-electron chi connectivity index (χ1n) is 6.82. The minimum Gasteiger partial charge on any atom is -0.315 e. The van der Waals surface area contributed by atoms with Crippen molar-refractivity contribution in [2.45, 2.75) is 43.9 Å². The van der Waals surface area contributed by atoms with Gasteiger partial charge in [-0.2, -0.15) is 13.2 Å². The van der Waals surface area contributed by atoms with Crippen LogP contribution in [0.5, 0.6) is 0 Å². The van der Waals surface area contributed by atoms with Crippen LogP contribution < -0.4 is 10.6 Å². The zero-order chi connectivity index (χ0) is 13.0. The van der Waals surface area contributed by atoms with Crippen LogP contribution in [-0.2, 0) is 0 Å². The van der Waals surface area contributed by atoms with Crippen LogP contribution in [-0.4, -0.2) is 55.9 Å². The highest BCUT2D eigenvalue weighted by molar-refractivity contribution is 4.87. The molecule has 2 saturated heterocycles. The molecule has 0 aromatic carbocycles. The number of halogens is 3. The van der Waals surface area contributed by atoms with Gasteiger partial charge in [-0.15, -0.1) is 0 Å². The van der Waals surface area contributed by atoms with Crippen LogP contribution in [0.2, 0.25) is 0 Å². The number of alkyl halides is 3. The molecule has 0 bridgehead atoms. The molecule has 0 aromatic rings. The Bertz CT molecular complexity index is 251. The molecule has 106 valence electrons. The number of hydrogen-bond donors (Lipinski definition) is 2. The summed E-state index contributed by atoms with van der Waals surface area (Å²) in [7, 11) is 0. The van der Waals surface area contributed by atoms with Crippen LogP contribution in [0, 0.1) is 0 Å². The lowest BCUT2D eigenvalue weighted by Gasteiger charge is -2.35. The predicted octanol–water partition coefficient (Wildman–Crippen LogP) is 1.35. The van der Waals surface area contributed by atoms with Crippen molar-refractivity contribution in [3.05, 3.63) is 0 Å². The molecule has 2 aliphatic rings. The SMILES string of the molecule is FC(F)(F)C1CNCCCN1CC1CCCCN1. The van der Waals surface area contributed by atoms with Crippen molar-refractivity contribution in [2.75, 3.05) is 32.7 Å². The predicted molar refractivity (Wildman–Crippen MR) is 64.5 cm³/mol. The standard InChI is InChI=1S/C12H22F3N3/c13-12(14,15)11-8-16-5-3-7-18(11)9-10-4-1-2-6-17-10/h10-11,16-17H,1-9H2. The third-order valence-electron chi connectivity index (χ3n) is 3.82. The number of hydrogen-bond acceptors (Lipinski definition) is 3. The van der Waals surface area contributed by atoms with Gasteiger partial charge < -0.3 is 10.6 Å². The van der Waals surface area contributed by atoms with Gasteiger partial charge in [0.1, 0.15) is 6.04 Å². The second kappa shape index (κ2) is 6.21. The van der Waals surface area contributed by atoms with E-state index in [1.807, 2.05) is 0 Å². The van der Waals surface area contributed by atoms with Gasteiger partial charge in [-0.25, -0.2) is 0 Å². The van der Waals surface area contributed by atoms with E-state index in [0.29, 0.717) is 19.6 Å². The summed E-state index contributed by atoms with van der Waals surface area (Å²) in [5.74, 6) is 0. The first-order chi connectivity index (χ1) is 8.57. The number of nitrogens with one attached hydrogen (secondary N) is 2.